The molecule has 3 atom stereocenters. The second-order valence-corrected chi connectivity index (χ2v) is 9.71. The number of carbonyl (C=O) groups excluding carboxylic acids is 1. The number of nitrogens with one attached hydrogen (secondary N) is 2. The van der Waals surface area contributed by atoms with E-state index in [9.17, 15) is 4.79 Å². The largest absolute Gasteiger partial charge is 0.382 e. The van der Waals surface area contributed by atoms with Gasteiger partial charge < -0.3 is 35.5 Å². The number of ether oxygens (including phenoxy) is 3. The minimum absolute atomic E-state index is 0.208. The number of aryl methyl sites for hydroxylation is 1. The van der Waals surface area contributed by atoms with Crippen molar-refractivity contribution in [3.63, 3.8) is 0 Å². The molecular formula is C25H36N8O4. The number of methoxy groups -OCH3 is 1. The number of benzene rings is 1. The maximum absolute atomic E-state index is 12.2. The molecule has 1 aliphatic heterocycles. The van der Waals surface area contributed by atoms with Gasteiger partial charge in [0.25, 0.3) is 0 Å². The van der Waals surface area contributed by atoms with Gasteiger partial charge in [-0.15, -0.1) is 0 Å². The Hall–Kier alpha value is -3.32. The van der Waals surface area contributed by atoms with Crippen molar-refractivity contribution in [1.29, 1.82) is 0 Å². The zero-order valence-corrected chi connectivity index (χ0v) is 22.0. The lowest BCUT2D eigenvalue weighted by Gasteiger charge is -2.29. The van der Waals surface area contributed by atoms with Crippen LogP contribution in [0.1, 0.15) is 31.2 Å². The van der Waals surface area contributed by atoms with Crippen LogP contribution in [0.5, 0.6) is 0 Å². The smallest absolute Gasteiger partial charge is 0.315 e. The SMILES string of the molecule is CO[C@H](CN(C)CCNC(=O)NCc1cccc(C)c1)[C@H]1OC(C)(C)O[C@H]1n1cnc2c(N)ncnc21. The first-order valence-corrected chi connectivity index (χ1v) is 12.2. The van der Waals surface area contributed by atoms with Gasteiger partial charge in [0.05, 0.1) is 6.33 Å². The minimum atomic E-state index is -0.837. The summed E-state index contributed by atoms with van der Waals surface area (Å²) in [6.07, 6.45) is 1.73. The maximum Gasteiger partial charge on any atom is 0.315 e. The van der Waals surface area contributed by atoms with E-state index in [0.717, 1.165) is 11.1 Å². The van der Waals surface area contributed by atoms with Gasteiger partial charge in [0.15, 0.2) is 23.5 Å². The van der Waals surface area contributed by atoms with Crippen LogP contribution < -0.4 is 16.4 Å². The molecule has 37 heavy (non-hydrogen) atoms. The molecule has 1 saturated heterocycles. The van der Waals surface area contributed by atoms with E-state index in [1.54, 1.807) is 18.0 Å². The molecule has 3 aromatic rings. The summed E-state index contributed by atoms with van der Waals surface area (Å²) in [5.41, 5.74) is 9.26. The standard InChI is InChI=1S/C25H36N8O4/c1-16-7-6-8-17(11-16)12-28-24(34)27-9-10-32(4)13-18(35-5)20-23(37-25(2,3)36-20)33-15-31-19-21(26)29-14-30-22(19)33/h6-8,11,14-15,18,20,23H,9-10,12-13H2,1-5H3,(H2,26,29,30)(H2,27,28,34)/t18-,20-,23-/m1/s1. The fourth-order valence-electron chi connectivity index (χ4n) is 4.44. The van der Waals surface area contributed by atoms with Crippen LogP contribution in [0.3, 0.4) is 0 Å². The van der Waals surface area contributed by atoms with Crippen LogP contribution >= 0.6 is 0 Å². The topological polar surface area (TPSA) is 142 Å². The Morgan fingerprint density at radius 2 is 2.08 bits per heavy atom. The van der Waals surface area contributed by atoms with Crippen molar-refractivity contribution < 1.29 is 19.0 Å². The third kappa shape index (κ3) is 6.52. The molecule has 0 radical (unpaired) electrons. The number of urea groups is 1. The first kappa shape index (κ1) is 26.7. The van der Waals surface area contributed by atoms with E-state index in [1.807, 2.05) is 46.0 Å². The number of carbonyl (C=O) groups is 1. The van der Waals surface area contributed by atoms with E-state index >= 15 is 0 Å². The van der Waals surface area contributed by atoms with E-state index in [1.165, 1.54) is 6.33 Å². The number of nitrogens with two attached hydrogens (primary N) is 1. The van der Waals surface area contributed by atoms with Crippen LogP contribution in [0.2, 0.25) is 0 Å². The number of hydrogen-bond donors (Lipinski definition) is 3. The van der Waals surface area contributed by atoms with Gasteiger partial charge in [-0.05, 0) is 33.4 Å². The molecule has 0 unspecified atom stereocenters. The van der Waals surface area contributed by atoms with E-state index in [4.69, 9.17) is 19.9 Å². The van der Waals surface area contributed by atoms with E-state index in [-0.39, 0.29) is 12.1 Å². The molecule has 2 aromatic heterocycles. The first-order valence-electron chi connectivity index (χ1n) is 12.2. The Balaban J connectivity index is 1.33. The number of nitrogens with zero attached hydrogens (tertiary/aromatic N) is 5. The van der Waals surface area contributed by atoms with Crippen molar-refractivity contribution >= 4 is 23.0 Å². The van der Waals surface area contributed by atoms with Crippen molar-refractivity contribution in [3.8, 4) is 0 Å². The summed E-state index contributed by atoms with van der Waals surface area (Å²) in [4.78, 5) is 27.0. The normalized spacial score (nSPS) is 19.8. The molecule has 0 saturated carbocycles. The lowest BCUT2D eigenvalue weighted by molar-refractivity contribution is -0.161. The molecule has 2 amide bonds. The number of nitrogen functional groups attached to an aromatic ring is 1. The number of rotatable bonds is 10. The number of fused-ring (bicyclic) bond motifs is 1. The van der Waals surface area contributed by atoms with Crippen molar-refractivity contribution in [3.05, 3.63) is 48.0 Å². The van der Waals surface area contributed by atoms with Gasteiger partial charge >= 0.3 is 6.03 Å². The molecular weight excluding hydrogens is 476 g/mol. The van der Waals surface area contributed by atoms with E-state index in [2.05, 4.69) is 36.6 Å². The van der Waals surface area contributed by atoms with Crippen LogP contribution in [0.15, 0.2) is 36.9 Å². The van der Waals surface area contributed by atoms with Gasteiger partial charge in [-0.1, -0.05) is 29.8 Å². The lowest BCUT2D eigenvalue weighted by atomic mass is 10.1. The maximum atomic E-state index is 12.2. The zero-order chi connectivity index (χ0) is 26.6. The number of amides is 2. The summed E-state index contributed by atoms with van der Waals surface area (Å²) in [5, 5.41) is 5.79. The van der Waals surface area contributed by atoms with Crippen LogP contribution in [0, 0.1) is 6.92 Å². The van der Waals surface area contributed by atoms with Crippen molar-refractivity contribution in [2.24, 2.45) is 0 Å². The third-order valence-corrected chi connectivity index (χ3v) is 6.24. The predicted molar refractivity (Wildman–Crippen MR) is 139 cm³/mol. The molecule has 200 valence electrons. The third-order valence-electron chi connectivity index (χ3n) is 6.24. The highest BCUT2D eigenvalue weighted by Crippen LogP contribution is 2.38. The molecule has 1 aromatic carbocycles. The molecule has 0 bridgehead atoms. The summed E-state index contributed by atoms with van der Waals surface area (Å²) in [7, 11) is 3.61. The first-order chi connectivity index (χ1) is 17.7. The molecule has 3 heterocycles. The Morgan fingerprint density at radius 1 is 1.27 bits per heavy atom. The average Bonchev–Trinajstić information content (AvgIpc) is 3.42. The van der Waals surface area contributed by atoms with Gasteiger partial charge in [0, 0.05) is 33.3 Å². The quantitative estimate of drug-likeness (QED) is 0.371. The summed E-state index contributed by atoms with van der Waals surface area (Å²) >= 11 is 0. The Kier molecular flexibility index (Phi) is 8.22. The second-order valence-electron chi connectivity index (χ2n) is 9.71. The summed E-state index contributed by atoms with van der Waals surface area (Å²) in [6, 6.07) is 7.84. The predicted octanol–water partition coefficient (Wildman–Crippen LogP) is 1.81. The van der Waals surface area contributed by atoms with Gasteiger partial charge in [-0.3, -0.25) is 4.57 Å². The average molecular weight is 513 g/mol. The summed E-state index contributed by atoms with van der Waals surface area (Å²) in [5.74, 6) is -0.534. The van der Waals surface area contributed by atoms with Gasteiger partial charge in [0.2, 0.25) is 0 Å². The Labute approximate surface area is 216 Å². The molecule has 12 nitrogen and oxygen atoms in total. The zero-order valence-electron chi connectivity index (χ0n) is 22.0. The number of imidazole rings is 1. The molecule has 4 rings (SSSR count). The molecule has 0 spiro atoms. The van der Waals surface area contributed by atoms with Crippen molar-refractivity contribution in [1.82, 2.24) is 35.1 Å². The van der Waals surface area contributed by atoms with Crippen LogP contribution in [-0.2, 0) is 20.8 Å². The summed E-state index contributed by atoms with van der Waals surface area (Å²) < 4.78 is 20.2. The minimum Gasteiger partial charge on any atom is -0.382 e. The van der Waals surface area contributed by atoms with Crippen molar-refractivity contribution in [2.75, 3.05) is 39.5 Å². The number of aromatic nitrogens is 4. The van der Waals surface area contributed by atoms with Gasteiger partial charge in [-0.25, -0.2) is 19.7 Å². The number of hydrogen-bond acceptors (Lipinski definition) is 9. The molecule has 1 fully saturated rings. The van der Waals surface area contributed by atoms with Gasteiger partial charge in [-0.2, -0.15) is 0 Å². The molecule has 1 aliphatic rings. The second kappa shape index (κ2) is 11.4. The molecule has 0 aliphatic carbocycles. The highest BCUT2D eigenvalue weighted by atomic mass is 16.8. The van der Waals surface area contributed by atoms with Crippen LogP contribution in [0.4, 0.5) is 10.6 Å². The van der Waals surface area contributed by atoms with Gasteiger partial charge in [0.1, 0.15) is 24.1 Å². The molecule has 4 N–H and O–H groups in total. The number of likely N-dealkylation sites (N-methyl/N-ethyl adjacent to an activating group) is 1. The van der Waals surface area contributed by atoms with Crippen molar-refractivity contribution in [2.45, 2.75) is 51.5 Å². The van der Waals surface area contributed by atoms with E-state index < -0.39 is 18.1 Å². The van der Waals surface area contributed by atoms with Crippen LogP contribution in [0.25, 0.3) is 11.2 Å². The Bertz CT molecular complexity index is 1220. The fraction of sp³-hybridized carbons (Fsp3) is 0.520. The fourth-order valence-corrected chi connectivity index (χ4v) is 4.44. The summed E-state index contributed by atoms with van der Waals surface area (Å²) in [6.45, 7) is 7.87. The number of anilines is 1. The van der Waals surface area contributed by atoms with Crippen LogP contribution in [-0.4, -0.2) is 82.2 Å². The lowest BCUT2D eigenvalue weighted by Crippen LogP contribution is -2.45. The highest BCUT2D eigenvalue weighted by molar-refractivity contribution is 5.81. The molecule has 12 heteroatoms. The Morgan fingerprint density at radius 3 is 2.84 bits per heavy atom. The monoisotopic (exact) mass is 512 g/mol. The highest BCUT2D eigenvalue weighted by Gasteiger charge is 2.47. The van der Waals surface area contributed by atoms with E-state index in [0.29, 0.717) is 43.2 Å².